The minimum atomic E-state index is -1.58. The molecule has 0 spiro atoms. The van der Waals surface area contributed by atoms with Gasteiger partial charge in [0.05, 0.1) is 0 Å². The molecule has 1 aromatic rings. The molecular weight excluding hydrogens is 436 g/mol. The number of nitro groups is 1. The van der Waals surface area contributed by atoms with Crippen LogP contribution in [0.15, 0.2) is 35.3 Å². The SMILES string of the molecule is CC(C)(C)OC(=O)N([C@@H](CCCN=C(N)N)C(=O)NCC(=O)OCc1ccccc1)[N+](=O)[O-]. The van der Waals surface area contributed by atoms with Gasteiger partial charge in [-0.15, -0.1) is 0 Å². The fourth-order valence-corrected chi connectivity index (χ4v) is 2.54. The molecule has 0 fully saturated rings. The Labute approximate surface area is 191 Å². The van der Waals surface area contributed by atoms with Gasteiger partial charge >= 0.3 is 12.1 Å². The lowest BCUT2D eigenvalue weighted by atomic mass is 10.1. The van der Waals surface area contributed by atoms with Gasteiger partial charge in [-0.1, -0.05) is 30.3 Å². The average Bonchev–Trinajstić information content (AvgIpc) is 2.71. The van der Waals surface area contributed by atoms with Gasteiger partial charge in [-0.2, -0.15) is 0 Å². The summed E-state index contributed by atoms with van der Waals surface area (Å²) in [6, 6.07) is 7.31. The van der Waals surface area contributed by atoms with Gasteiger partial charge in [0, 0.05) is 6.54 Å². The smallest absolute Gasteiger partial charge is 0.460 e. The monoisotopic (exact) mass is 466 g/mol. The van der Waals surface area contributed by atoms with E-state index in [1.54, 1.807) is 24.3 Å². The zero-order valence-corrected chi connectivity index (χ0v) is 18.9. The molecule has 13 heteroatoms. The van der Waals surface area contributed by atoms with Crippen LogP contribution in [0.1, 0.15) is 39.2 Å². The van der Waals surface area contributed by atoms with Gasteiger partial charge < -0.3 is 26.3 Å². The maximum Gasteiger partial charge on any atom is 0.469 e. The van der Waals surface area contributed by atoms with E-state index in [-0.39, 0.29) is 37.0 Å². The highest BCUT2D eigenvalue weighted by Gasteiger charge is 2.41. The lowest BCUT2D eigenvalue weighted by Gasteiger charge is -2.25. The number of hydrogen-bond donors (Lipinski definition) is 3. The molecule has 0 bridgehead atoms. The molecule has 0 aromatic heterocycles. The molecule has 182 valence electrons. The minimum absolute atomic E-state index is 0.00355. The molecule has 1 rings (SSSR count). The fraction of sp³-hybridized carbons (Fsp3) is 0.500. The van der Waals surface area contributed by atoms with Crippen LogP contribution in [0.5, 0.6) is 0 Å². The molecule has 2 amide bonds. The van der Waals surface area contributed by atoms with Crippen molar-refractivity contribution in [3.63, 3.8) is 0 Å². The molecule has 1 aromatic carbocycles. The second-order valence-electron chi connectivity index (χ2n) is 7.89. The van der Waals surface area contributed by atoms with E-state index in [4.69, 9.17) is 20.9 Å². The average molecular weight is 466 g/mol. The van der Waals surface area contributed by atoms with Crippen LogP contribution in [0.3, 0.4) is 0 Å². The third-order valence-corrected chi connectivity index (χ3v) is 3.93. The number of esters is 1. The number of guanidine groups is 1. The van der Waals surface area contributed by atoms with Gasteiger partial charge in [-0.05, 0) is 44.2 Å². The summed E-state index contributed by atoms with van der Waals surface area (Å²) in [6.45, 7) is 4.11. The van der Waals surface area contributed by atoms with Crippen LogP contribution in [-0.4, -0.2) is 58.7 Å². The first kappa shape index (κ1) is 27.1. The number of nitrogens with one attached hydrogen (secondary N) is 1. The van der Waals surface area contributed by atoms with Crippen molar-refractivity contribution < 1.29 is 28.9 Å². The first-order valence-electron chi connectivity index (χ1n) is 10.1. The topological polar surface area (TPSA) is 192 Å². The Hall–Kier alpha value is -3.90. The highest BCUT2D eigenvalue weighted by Crippen LogP contribution is 2.15. The first-order valence-corrected chi connectivity index (χ1v) is 10.1. The summed E-state index contributed by atoms with van der Waals surface area (Å²) in [6.07, 6.45) is -1.34. The second-order valence-corrected chi connectivity index (χ2v) is 7.89. The quantitative estimate of drug-likeness (QED) is 0.105. The number of carbonyl (C=O) groups excluding carboxylic acids is 3. The van der Waals surface area contributed by atoms with Crippen LogP contribution in [0.4, 0.5) is 4.79 Å². The summed E-state index contributed by atoms with van der Waals surface area (Å²) in [5, 5.41) is 12.9. The number of hydrogen-bond acceptors (Lipinski definition) is 8. The van der Waals surface area contributed by atoms with Crippen LogP contribution in [-0.2, 0) is 25.7 Å². The molecule has 1 atom stereocenters. The molecule has 0 aliphatic carbocycles. The summed E-state index contributed by atoms with van der Waals surface area (Å²) in [4.78, 5) is 52.5. The predicted octanol–water partition coefficient (Wildman–Crippen LogP) is 0.697. The zero-order chi connectivity index (χ0) is 25.0. The third-order valence-electron chi connectivity index (χ3n) is 3.93. The van der Waals surface area contributed by atoms with Crippen molar-refractivity contribution in [1.82, 2.24) is 10.3 Å². The maximum absolute atomic E-state index is 12.7. The number of aliphatic imine (C=N–C) groups is 1. The van der Waals surface area contributed by atoms with Crippen LogP contribution in [0.25, 0.3) is 0 Å². The first-order chi connectivity index (χ1) is 15.4. The molecule has 13 nitrogen and oxygen atoms in total. The van der Waals surface area contributed by atoms with E-state index in [0.717, 1.165) is 5.56 Å². The van der Waals surface area contributed by atoms with Gasteiger partial charge in [0.15, 0.2) is 17.0 Å². The molecule has 0 aliphatic rings. The van der Waals surface area contributed by atoms with Crippen molar-refractivity contribution in [2.24, 2.45) is 16.5 Å². The van der Waals surface area contributed by atoms with E-state index in [1.165, 1.54) is 20.8 Å². The van der Waals surface area contributed by atoms with Gasteiger partial charge in [0.2, 0.25) is 5.91 Å². The van der Waals surface area contributed by atoms with E-state index in [1.807, 2.05) is 6.07 Å². The van der Waals surface area contributed by atoms with E-state index < -0.39 is 41.2 Å². The maximum atomic E-state index is 12.7. The fourth-order valence-electron chi connectivity index (χ4n) is 2.54. The lowest BCUT2D eigenvalue weighted by molar-refractivity contribution is -0.641. The molecule has 0 radical (unpaired) electrons. The van der Waals surface area contributed by atoms with E-state index in [2.05, 4.69) is 10.3 Å². The summed E-state index contributed by atoms with van der Waals surface area (Å²) in [5.74, 6) is -1.87. The van der Waals surface area contributed by atoms with E-state index in [0.29, 0.717) is 0 Å². The standard InChI is InChI=1S/C20H30N6O7/c1-20(2,3)33-19(29)25(26(30)31)15(10-7-11-23-18(21)22)17(28)24-12-16(27)32-13-14-8-5-4-6-9-14/h4-6,8-9,15H,7,10-13H2,1-3H3,(H,24,28)(H4,21,22,23)/t15-/m0/s1. The number of nitrogens with zero attached hydrogens (tertiary/aromatic N) is 3. The van der Waals surface area contributed by atoms with Gasteiger partial charge in [-0.3, -0.25) is 14.6 Å². The van der Waals surface area contributed by atoms with Crippen LogP contribution >= 0.6 is 0 Å². The number of carbonyl (C=O) groups is 3. The molecule has 0 saturated heterocycles. The predicted molar refractivity (Wildman–Crippen MR) is 118 cm³/mol. The molecule has 5 N–H and O–H groups in total. The van der Waals surface area contributed by atoms with E-state index >= 15 is 0 Å². The number of benzene rings is 1. The largest absolute Gasteiger partial charge is 0.469 e. The summed E-state index contributed by atoms with van der Waals surface area (Å²) >= 11 is 0. The highest BCUT2D eigenvalue weighted by molar-refractivity contribution is 5.88. The Bertz CT molecular complexity index is 850. The Kier molecular flexibility index (Phi) is 10.6. The minimum Gasteiger partial charge on any atom is -0.460 e. The van der Waals surface area contributed by atoms with Gasteiger partial charge in [0.1, 0.15) is 18.8 Å². The highest BCUT2D eigenvalue weighted by atomic mass is 16.7. The Morgan fingerprint density at radius 2 is 1.85 bits per heavy atom. The number of nitrogens with two attached hydrogens (primary N) is 2. The van der Waals surface area contributed by atoms with Crippen LogP contribution < -0.4 is 16.8 Å². The summed E-state index contributed by atoms with van der Waals surface area (Å²) < 4.78 is 10.1. The Morgan fingerprint density at radius 3 is 2.39 bits per heavy atom. The lowest BCUT2D eigenvalue weighted by Crippen LogP contribution is -2.54. The summed E-state index contributed by atoms with van der Waals surface area (Å²) in [5.41, 5.74) is 10.2. The Morgan fingerprint density at radius 1 is 1.21 bits per heavy atom. The number of rotatable bonds is 11. The van der Waals surface area contributed by atoms with Crippen molar-refractivity contribution in [2.45, 2.75) is 51.9 Å². The molecule has 0 aliphatic heterocycles. The van der Waals surface area contributed by atoms with Crippen LogP contribution in [0.2, 0.25) is 0 Å². The number of amides is 2. The van der Waals surface area contributed by atoms with Crippen molar-refractivity contribution >= 4 is 23.9 Å². The zero-order valence-electron chi connectivity index (χ0n) is 18.9. The summed E-state index contributed by atoms with van der Waals surface area (Å²) in [7, 11) is 0. The molecule has 0 saturated carbocycles. The van der Waals surface area contributed by atoms with Crippen molar-refractivity contribution in [2.75, 3.05) is 13.1 Å². The third kappa shape index (κ3) is 10.8. The Balaban J connectivity index is 2.85. The second kappa shape index (κ2) is 12.8. The normalized spacial score (nSPS) is 11.6. The molecule has 33 heavy (non-hydrogen) atoms. The van der Waals surface area contributed by atoms with Crippen molar-refractivity contribution in [1.29, 1.82) is 0 Å². The molecular formula is C20H30N6O7. The molecule has 0 unspecified atom stereocenters. The van der Waals surface area contributed by atoms with Gasteiger partial charge in [-0.25, -0.2) is 14.9 Å². The van der Waals surface area contributed by atoms with Crippen molar-refractivity contribution in [3.8, 4) is 0 Å². The van der Waals surface area contributed by atoms with Crippen molar-refractivity contribution in [3.05, 3.63) is 46.0 Å². The number of ether oxygens (including phenoxy) is 2. The van der Waals surface area contributed by atoms with E-state index in [9.17, 15) is 24.5 Å². The van der Waals surface area contributed by atoms with Gasteiger partial charge in [0.25, 0.3) is 0 Å². The number of hydrazine groups is 1. The van der Waals surface area contributed by atoms with Crippen LogP contribution in [0, 0.1) is 10.1 Å². The molecule has 0 heterocycles.